The van der Waals surface area contributed by atoms with Crippen LogP contribution in [-0.2, 0) is 16.3 Å². The predicted octanol–water partition coefficient (Wildman–Crippen LogP) is 2.67. The van der Waals surface area contributed by atoms with Crippen LogP contribution >= 0.6 is 0 Å². The van der Waals surface area contributed by atoms with Crippen molar-refractivity contribution in [3.63, 3.8) is 0 Å². The number of hydrogen-bond donors (Lipinski definition) is 0. The molecule has 0 fully saturated rings. The van der Waals surface area contributed by atoms with Crippen LogP contribution in [-0.4, -0.2) is 0 Å². The van der Waals surface area contributed by atoms with Crippen LogP contribution in [0.4, 0.5) is 0 Å². The van der Waals surface area contributed by atoms with Gasteiger partial charge in [-0.3, -0.25) is 0 Å². The summed E-state index contributed by atoms with van der Waals surface area (Å²) >= 11 is 0.688. The Labute approximate surface area is 58.7 Å². The molecule has 45 valence electrons. The van der Waals surface area contributed by atoms with Gasteiger partial charge < -0.3 is 0 Å². The second kappa shape index (κ2) is 7.06. The maximum absolute atomic E-state index is 2.22. The summed E-state index contributed by atoms with van der Waals surface area (Å²) in [5.41, 5.74) is 4.44. The Hall–Kier alpha value is 0.0644. The van der Waals surface area contributed by atoms with Gasteiger partial charge in [0.1, 0.15) is 0 Å². The molecule has 1 rings (SSSR count). The van der Waals surface area contributed by atoms with Gasteiger partial charge in [0.2, 0.25) is 0 Å². The minimum atomic E-state index is 0.688. The van der Waals surface area contributed by atoms with E-state index in [0.717, 1.165) is 6.42 Å². The predicted molar refractivity (Wildman–Crippen MR) is 34.6 cm³/mol. The van der Waals surface area contributed by atoms with Gasteiger partial charge in [0.25, 0.3) is 0 Å². The standard InChI is InChI=1S/C5H6.2CH3.V/c1-2-4-5-3-1;;;/h1-4H,5H2;2*1H3;. The molecule has 1 heteroatoms. The molecular weight excluding hydrogens is 135 g/mol. The SMILES string of the molecule is C1=CCC=C1.[CH3][V][CH3]. The van der Waals surface area contributed by atoms with Gasteiger partial charge in [-0.05, 0) is 6.42 Å². The Morgan fingerprint density at radius 3 is 1.62 bits per heavy atom. The third-order valence-corrected chi connectivity index (χ3v) is 0.655. The molecule has 0 N–H and O–H groups in total. The van der Waals surface area contributed by atoms with E-state index in [9.17, 15) is 0 Å². The van der Waals surface area contributed by atoms with Gasteiger partial charge in [-0.1, -0.05) is 24.3 Å². The Balaban J connectivity index is 0.000000145. The molecule has 0 aromatic heterocycles. The molecule has 0 saturated heterocycles. The summed E-state index contributed by atoms with van der Waals surface area (Å²) in [5.74, 6) is 0. The number of hydrogen-bond acceptors (Lipinski definition) is 0. The first kappa shape index (κ1) is 8.06. The Kier molecular flexibility index (Phi) is 7.12. The zero-order chi connectivity index (χ0) is 6.24. The van der Waals surface area contributed by atoms with Crippen LogP contribution in [0.5, 0.6) is 0 Å². The first-order valence-electron chi connectivity index (χ1n) is 2.71. The molecule has 0 radical (unpaired) electrons. The molecule has 0 aliphatic heterocycles. The normalized spacial score (nSPS) is 12.8. The van der Waals surface area contributed by atoms with Crippen molar-refractivity contribution < 1.29 is 16.3 Å². The molecule has 8 heavy (non-hydrogen) atoms. The van der Waals surface area contributed by atoms with E-state index in [2.05, 4.69) is 35.6 Å². The molecule has 0 aromatic carbocycles. The van der Waals surface area contributed by atoms with Crippen molar-refractivity contribution in [2.24, 2.45) is 0 Å². The van der Waals surface area contributed by atoms with Crippen LogP contribution in [0.1, 0.15) is 6.42 Å². The van der Waals surface area contributed by atoms with E-state index in [-0.39, 0.29) is 0 Å². The second-order valence-electron chi connectivity index (χ2n) is 1.54. The van der Waals surface area contributed by atoms with E-state index in [1.54, 1.807) is 0 Å². The number of allylic oxidation sites excluding steroid dienone is 4. The van der Waals surface area contributed by atoms with Crippen LogP contribution in [0.15, 0.2) is 24.3 Å². The van der Waals surface area contributed by atoms with Gasteiger partial charge in [0.15, 0.2) is 0 Å². The fourth-order valence-electron chi connectivity index (χ4n) is 0.393. The quantitative estimate of drug-likeness (QED) is 0.494. The first-order chi connectivity index (χ1) is 3.91. The van der Waals surface area contributed by atoms with Gasteiger partial charge in [0, 0.05) is 0 Å². The van der Waals surface area contributed by atoms with E-state index in [0.29, 0.717) is 16.3 Å². The fraction of sp³-hybridized carbons (Fsp3) is 0.429. The van der Waals surface area contributed by atoms with Crippen LogP contribution in [0.25, 0.3) is 0 Å². The van der Waals surface area contributed by atoms with Crippen molar-refractivity contribution in [3.8, 4) is 0 Å². The third-order valence-electron chi connectivity index (χ3n) is 0.655. The van der Waals surface area contributed by atoms with Crippen molar-refractivity contribution in [1.82, 2.24) is 0 Å². The van der Waals surface area contributed by atoms with Crippen LogP contribution in [0.3, 0.4) is 0 Å². The molecule has 0 aromatic rings. The van der Waals surface area contributed by atoms with Crippen molar-refractivity contribution in [2.75, 3.05) is 0 Å². The summed E-state index contributed by atoms with van der Waals surface area (Å²) in [6.45, 7) is 0. The van der Waals surface area contributed by atoms with Crippen LogP contribution in [0, 0.1) is 0 Å². The average Bonchev–Trinajstić information content (AvgIpc) is 2.17. The molecule has 0 heterocycles. The minimum absolute atomic E-state index is 0.688. The van der Waals surface area contributed by atoms with Gasteiger partial charge in [0.05, 0.1) is 0 Å². The molecular formula is C7H12V. The van der Waals surface area contributed by atoms with Crippen molar-refractivity contribution in [1.29, 1.82) is 0 Å². The average molecular weight is 147 g/mol. The molecule has 0 unspecified atom stereocenters. The zero-order valence-electron chi connectivity index (χ0n) is 5.46. The van der Waals surface area contributed by atoms with Crippen LogP contribution < -0.4 is 0 Å². The summed E-state index contributed by atoms with van der Waals surface area (Å²) < 4.78 is 0. The molecule has 0 amide bonds. The van der Waals surface area contributed by atoms with Gasteiger partial charge in [-0.2, -0.15) is 0 Å². The van der Waals surface area contributed by atoms with E-state index in [4.69, 9.17) is 0 Å². The fourth-order valence-corrected chi connectivity index (χ4v) is 0.393. The van der Waals surface area contributed by atoms with Gasteiger partial charge >= 0.3 is 27.6 Å². The summed E-state index contributed by atoms with van der Waals surface area (Å²) in [7, 11) is 0. The Morgan fingerprint density at radius 2 is 1.50 bits per heavy atom. The molecule has 0 spiro atoms. The molecule has 1 aliphatic rings. The molecule has 0 bridgehead atoms. The summed E-state index contributed by atoms with van der Waals surface area (Å²) in [4.78, 5) is 0. The summed E-state index contributed by atoms with van der Waals surface area (Å²) in [6.07, 6.45) is 9.50. The Morgan fingerprint density at radius 1 is 1.12 bits per heavy atom. The molecule has 1 aliphatic carbocycles. The number of rotatable bonds is 0. The van der Waals surface area contributed by atoms with Crippen molar-refractivity contribution in [3.05, 3.63) is 24.3 Å². The van der Waals surface area contributed by atoms with Crippen molar-refractivity contribution >= 4 is 0 Å². The second-order valence-corrected chi connectivity index (χ2v) is 2.94. The van der Waals surface area contributed by atoms with Gasteiger partial charge in [-0.15, -0.1) is 0 Å². The maximum atomic E-state index is 2.22. The van der Waals surface area contributed by atoms with Crippen LogP contribution in [0.2, 0.25) is 11.3 Å². The monoisotopic (exact) mass is 147 g/mol. The molecule has 0 nitrogen and oxygen atoms in total. The summed E-state index contributed by atoms with van der Waals surface area (Å²) in [6, 6.07) is 0. The molecule has 0 saturated carbocycles. The first-order valence-corrected chi connectivity index (χ1v) is 5.50. The van der Waals surface area contributed by atoms with E-state index < -0.39 is 0 Å². The van der Waals surface area contributed by atoms with E-state index >= 15 is 0 Å². The zero-order valence-corrected chi connectivity index (χ0v) is 6.86. The topological polar surface area (TPSA) is 0 Å². The summed E-state index contributed by atoms with van der Waals surface area (Å²) in [5, 5.41) is 0. The van der Waals surface area contributed by atoms with Gasteiger partial charge in [-0.25, -0.2) is 0 Å². The van der Waals surface area contributed by atoms with E-state index in [1.165, 1.54) is 0 Å². The third kappa shape index (κ3) is 6.06. The van der Waals surface area contributed by atoms with E-state index in [1.807, 2.05) is 0 Å². The Bertz CT molecular complexity index is 72.4. The molecule has 0 atom stereocenters. The van der Waals surface area contributed by atoms with Crippen molar-refractivity contribution in [2.45, 2.75) is 17.7 Å².